The fourth-order valence-electron chi connectivity index (χ4n) is 6.96. The molecule has 0 saturated heterocycles. The fraction of sp³-hybridized carbons (Fsp3) is 0.762. The van der Waals surface area contributed by atoms with Gasteiger partial charge in [-0.2, -0.15) is 0 Å². The summed E-state index contributed by atoms with van der Waals surface area (Å²) < 4.78 is 0. The monoisotopic (exact) mass is 312 g/mol. The van der Waals surface area contributed by atoms with Gasteiger partial charge in [0.1, 0.15) is 5.60 Å². The average molecular weight is 312 g/mol. The van der Waals surface area contributed by atoms with Gasteiger partial charge in [0.15, 0.2) is 5.78 Å². The van der Waals surface area contributed by atoms with Crippen molar-refractivity contribution in [2.45, 2.75) is 70.3 Å². The lowest BCUT2D eigenvalue weighted by atomic mass is 9.49. The Balaban J connectivity index is 1.67. The summed E-state index contributed by atoms with van der Waals surface area (Å²) in [5, 5.41) is 11.1. The first-order valence-corrected chi connectivity index (χ1v) is 9.48. The Hall–Kier alpha value is -1.07. The van der Waals surface area contributed by atoms with Crippen LogP contribution in [0.3, 0.4) is 0 Å². The molecule has 3 fully saturated rings. The first-order valence-electron chi connectivity index (χ1n) is 9.48. The molecular formula is C21H28O2. The molecule has 0 bridgehead atoms. The van der Waals surface area contributed by atoms with Gasteiger partial charge in [-0.05, 0) is 81.1 Å². The van der Waals surface area contributed by atoms with E-state index in [1.807, 2.05) is 6.08 Å². The van der Waals surface area contributed by atoms with Gasteiger partial charge in [-0.3, -0.25) is 4.79 Å². The smallest absolute Gasteiger partial charge is 0.155 e. The first-order chi connectivity index (χ1) is 11.0. The second-order valence-corrected chi connectivity index (χ2v) is 8.40. The van der Waals surface area contributed by atoms with Crippen LogP contribution in [0.25, 0.3) is 0 Å². The SMILES string of the molecule is C#C[C@]1(O)CC[C@@H]2[C@H]3CCC4=CC(=O)CC[C@@H]4[C@@H]3CC[C@@]21CC. The fourth-order valence-corrected chi connectivity index (χ4v) is 6.96. The van der Waals surface area contributed by atoms with Crippen LogP contribution in [0, 0.1) is 41.4 Å². The molecule has 0 aliphatic heterocycles. The Morgan fingerprint density at radius 1 is 1.22 bits per heavy atom. The van der Waals surface area contributed by atoms with Gasteiger partial charge in [-0.1, -0.05) is 18.4 Å². The van der Waals surface area contributed by atoms with Crippen LogP contribution in [0.15, 0.2) is 11.6 Å². The van der Waals surface area contributed by atoms with Crippen molar-refractivity contribution in [2.75, 3.05) is 0 Å². The quantitative estimate of drug-likeness (QED) is 0.746. The predicted octanol–water partition coefficient (Wildman–Crippen LogP) is 3.88. The van der Waals surface area contributed by atoms with Gasteiger partial charge in [0.2, 0.25) is 0 Å². The maximum Gasteiger partial charge on any atom is 0.155 e. The topological polar surface area (TPSA) is 37.3 Å². The van der Waals surface area contributed by atoms with Gasteiger partial charge in [0.05, 0.1) is 0 Å². The molecule has 23 heavy (non-hydrogen) atoms. The molecule has 4 aliphatic carbocycles. The summed E-state index contributed by atoms with van der Waals surface area (Å²) in [6, 6.07) is 0. The highest BCUT2D eigenvalue weighted by molar-refractivity contribution is 5.91. The summed E-state index contributed by atoms with van der Waals surface area (Å²) in [7, 11) is 0. The normalized spacial score (nSPS) is 48.7. The number of fused-ring (bicyclic) bond motifs is 5. The zero-order chi connectivity index (χ0) is 16.2. The Bertz CT molecular complexity index is 597. The number of hydrogen-bond donors (Lipinski definition) is 1. The van der Waals surface area contributed by atoms with E-state index in [2.05, 4.69) is 12.8 Å². The number of aliphatic hydroxyl groups is 1. The molecule has 124 valence electrons. The van der Waals surface area contributed by atoms with E-state index in [1.165, 1.54) is 18.4 Å². The lowest BCUT2D eigenvalue weighted by Gasteiger charge is -2.55. The molecule has 1 N–H and O–H groups in total. The van der Waals surface area contributed by atoms with Crippen molar-refractivity contribution in [3.8, 4) is 12.3 Å². The number of carbonyl (C=O) groups is 1. The van der Waals surface area contributed by atoms with Gasteiger partial charge in [-0.15, -0.1) is 6.42 Å². The Kier molecular flexibility index (Phi) is 3.50. The molecule has 0 amide bonds. The lowest BCUT2D eigenvalue weighted by Crippen LogP contribution is -2.53. The van der Waals surface area contributed by atoms with Crippen LogP contribution in [0.1, 0.15) is 64.7 Å². The largest absolute Gasteiger partial charge is 0.377 e. The molecule has 0 aromatic carbocycles. The van der Waals surface area contributed by atoms with Crippen molar-refractivity contribution in [1.29, 1.82) is 0 Å². The highest BCUT2D eigenvalue weighted by Crippen LogP contribution is 2.66. The summed E-state index contributed by atoms with van der Waals surface area (Å²) in [6.45, 7) is 2.22. The third-order valence-electron chi connectivity index (χ3n) is 8.02. The van der Waals surface area contributed by atoms with E-state index in [1.54, 1.807) is 0 Å². The van der Waals surface area contributed by atoms with E-state index in [9.17, 15) is 9.90 Å². The van der Waals surface area contributed by atoms with Crippen LogP contribution in [0.2, 0.25) is 0 Å². The maximum atomic E-state index is 11.8. The van der Waals surface area contributed by atoms with Crippen molar-refractivity contribution in [2.24, 2.45) is 29.1 Å². The van der Waals surface area contributed by atoms with Crippen molar-refractivity contribution in [1.82, 2.24) is 0 Å². The zero-order valence-electron chi connectivity index (χ0n) is 14.2. The minimum absolute atomic E-state index is 0.0609. The minimum Gasteiger partial charge on any atom is -0.377 e. The highest BCUT2D eigenvalue weighted by atomic mass is 16.3. The molecule has 0 spiro atoms. The van der Waals surface area contributed by atoms with Gasteiger partial charge in [0, 0.05) is 11.8 Å². The summed E-state index contributed by atoms with van der Waals surface area (Å²) in [5.41, 5.74) is 0.474. The van der Waals surface area contributed by atoms with Gasteiger partial charge in [0.25, 0.3) is 0 Å². The van der Waals surface area contributed by atoms with E-state index in [0.29, 0.717) is 29.5 Å². The number of hydrogen-bond acceptors (Lipinski definition) is 2. The summed E-state index contributed by atoms with van der Waals surface area (Å²) >= 11 is 0. The van der Waals surface area contributed by atoms with Crippen molar-refractivity contribution in [3.05, 3.63) is 11.6 Å². The van der Waals surface area contributed by atoms with Crippen LogP contribution in [0.4, 0.5) is 0 Å². The number of rotatable bonds is 1. The van der Waals surface area contributed by atoms with Crippen molar-refractivity contribution in [3.63, 3.8) is 0 Å². The Labute approximate surface area is 139 Å². The molecule has 2 nitrogen and oxygen atoms in total. The molecule has 4 aliphatic rings. The van der Waals surface area contributed by atoms with Crippen LogP contribution in [-0.2, 0) is 4.79 Å². The maximum absolute atomic E-state index is 11.8. The van der Waals surface area contributed by atoms with Crippen molar-refractivity contribution >= 4 is 5.78 Å². The zero-order valence-corrected chi connectivity index (χ0v) is 14.2. The standard InChI is InChI=1S/C21H28O2/c1-3-20-11-9-17-16-8-6-15(22)13-14(16)5-7-18(17)19(20)10-12-21(20,23)4-2/h2,13,16-19,23H,3,5-12H2,1H3/t16-,17-,18-,19+,20-,21-/m0/s1. The number of carbonyl (C=O) groups excluding carboxylic acids is 1. The van der Waals surface area contributed by atoms with Crippen LogP contribution >= 0.6 is 0 Å². The molecular weight excluding hydrogens is 284 g/mol. The molecule has 0 aromatic heterocycles. The van der Waals surface area contributed by atoms with Crippen molar-refractivity contribution < 1.29 is 9.90 Å². The second kappa shape index (κ2) is 5.21. The van der Waals surface area contributed by atoms with E-state index < -0.39 is 5.60 Å². The van der Waals surface area contributed by atoms with Gasteiger partial charge < -0.3 is 5.11 Å². The highest BCUT2D eigenvalue weighted by Gasteiger charge is 2.63. The van der Waals surface area contributed by atoms with Crippen LogP contribution in [0.5, 0.6) is 0 Å². The molecule has 3 saturated carbocycles. The molecule has 6 atom stereocenters. The number of terminal acetylenes is 1. The molecule has 0 aromatic rings. The molecule has 0 radical (unpaired) electrons. The molecule has 0 heterocycles. The van der Waals surface area contributed by atoms with E-state index in [0.717, 1.165) is 44.9 Å². The molecule has 2 heteroatoms. The minimum atomic E-state index is -0.893. The lowest BCUT2D eigenvalue weighted by molar-refractivity contribution is -0.117. The second-order valence-electron chi connectivity index (χ2n) is 8.40. The van der Waals surface area contributed by atoms with Crippen LogP contribution < -0.4 is 0 Å². The summed E-state index contributed by atoms with van der Waals surface area (Å²) in [6.07, 6.45) is 16.9. The van der Waals surface area contributed by atoms with Gasteiger partial charge in [-0.25, -0.2) is 0 Å². The number of ketones is 1. The van der Waals surface area contributed by atoms with Gasteiger partial charge >= 0.3 is 0 Å². The Morgan fingerprint density at radius 2 is 2.04 bits per heavy atom. The van der Waals surface area contributed by atoms with Crippen LogP contribution in [-0.4, -0.2) is 16.5 Å². The number of allylic oxidation sites excluding steroid dienone is 1. The third kappa shape index (κ3) is 1.96. The molecule has 0 unspecified atom stereocenters. The first kappa shape index (κ1) is 15.5. The Morgan fingerprint density at radius 3 is 2.78 bits per heavy atom. The van der Waals surface area contributed by atoms with E-state index in [-0.39, 0.29) is 5.41 Å². The van der Waals surface area contributed by atoms with E-state index in [4.69, 9.17) is 6.42 Å². The average Bonchev–Trinajstić information content (AvgIpc) is 2.88. The van der Waals surface area contributed by atoms with E-state index >= 15 is 0 Å². The predicted molar refractivity (Wildman–Crippen MR) is 90.5 cm³/mol. The third-order valence-corrected chi connectivity index (χ3v) is 8.02. The molecule has 4 rings (SSSR count). The summed E-state index contributed by atoms with van der Waals surface area (Å²) in [5.74, 6) is 5.73. The summed E-state index contributed by atoms with van der Waals surface area (Å²) in [4.78, 5) is 11.8.